The van der Waals surface area contributed by atoms with Gasteiger partial charge < -0.3 is 55.1 Å². The molecule has 0 unspecified atom stereocenters. The van der Waals surface area contributed by atoms with Crippen LogP contribution < -0.4 is 10.6 Å². The van der Waals surface area contributed by atoms with Crippen molar-refractivity contribution in [1.82, 2.24) is 9.62 Å². The summed E-state index contributed by atoms with van der Waals surface area (Å²) in [6, 6.07) is 13.5. The first-order chi connectivity index (χ1) is 23.7. The summed E-state index contributed by atoms with van der Waals surface area (Å²) in [6.07, 6.45) is -10.8. The van der Waals surface area contributed by atoms with Crippen molar-refractivity contribution in [3.63, 3.8) is 0 Å². The average molecular weight is 724 g/mol. The summed E-state index contributed by atoms with van der Waals surface area (Å²) in [5.74, 6) is -1.77. The topological polar surface area (TPSA) is 234 Å². The number of carboxylic acids is 1. The van der Waals surface area contributed by atoms with Crippen molar-refractivity contribution >= 4 is 27.8 Å². The minimum Gasteiger partial charge on any atom is -0.479 e. The van der Waals surface area contributed by atoms with Gasteiger partial charge >= 0.3 is 12.1 Å². The van der Waals surface area contributed by atoms with Gasteiger partial charge in [-0.2, -0.15) is 4.31 Å². The molecule has 17 heteroatoms. The highest BCUT2D eigenvalue weighted by atomic mass is 32.2. The summed E-state index contributed by atoms with van der Waals surface area (Å²) < 4.78 is 51.0. The van der Waals surface area contributed by atoms with E-state index in [-0.39, 0.29) is 48.5 Å². The lowest BCUT2D eigenvalue weighted by atomic mass is 9.98. The van der Waals surface area contributed by atoms with Gasteiger partial charge in [-0.15, -0.1) is 0 Å². The van der Waals surface area contributed by atoms with Crippen LogP contribution >= 0.6 is 0 Å². The molecular formula is C33H45N3O13S. The number of rotatable bonds is 14. The molecule has 2 aromatic carbocycles. The highest BCUT2D eigenvalue weighted by Crippen LogP contribution is 2.33. The van der Waals surface area contributed by atoms with Gasteiger partial charge in [0.15, 0.2) is 18.6 Å². The van der Waals surface area contributed by atoms with Gasteiger partial charge in [0.25, 0.3) is 0 Å². The maximum atomic E-state index is 14.0. The monoisotopic (exact) mass is 723 g/mol. The molecule has 7 N–H and O–H groups in total. The third kappa shape index (κ3) is 8.90. The molecule has 0 radical (unpaired) electrons. The molecule has 0 bridgehead atoms. The molecule has 3 aliphatic heterocycles. The van der Waals surface area contributed by atoms with Crippen molar-refractivity contribution in [1.29, 1.82) is 0 Å². The molecule has 0 aliphatic carbocycles. The molecule has 5 rings (SSSR count). The Balaban J connectivity index is 1.29. The molecular weight excluding hydrogens is 678 g/mol. The Labute approximate surface area is 290 Å². The van der Waals surface area contributed by atoms with Gasteiger partial charge in [0.1, 0.15) is 24.4 Å². The van der Waals surface area contributed by atoms with E-state index in [1.807, 2.05) is 44.2 Å². The maximum Gasteiger partial charge on any atom is 0.407 e. The largest absolute Gasteiger partial charge is 0.479 e. The van der Waals surface area contributed by atoms with Gasteiger partial charge in [-0.05, 0) is 48.6 Å². The Kier molecular flexibility index (Phi) is 12.3. The van der Waals surface area contributed by atoms with E-state index in [4.69, 9.17) is 18.9 Å². The van der Waals surface area contributed by atoms with Crippen LogP contribution in [0.3, 0.4) is 0 Å². The zero-order valence-corrected chi connectivity index (χ0v) is 28.5. The van der Waals surface area contributed by atoms with Crippen LogP contribution in [0.1, 0.15) is 25.8 Å². The molecule has 2 aromatic rings. The number of carboxylic acid groups (broad SMARTS) is 1. The summed E-state index contributed by atoms with van der Waals surface area (Å²) in [5.41, 5.74) is 1.03. The second-order valence-electron chi connectivity index (χ2n) is 13.1. The Morgan fingerprint density at radius 3 is 2.34 bits per heavy atom. The van der Waals surface area contributed by atoms with E-state index < -0.39 is 77.3 Å². The minimum absolute atomic E-state index is 0.0449. The van der Waals surface area contributed by atoms with Crippen LogP contribution in [-0.4, -0.2) is 132 Å². The molecule has 3 heterocycles. The third-order valence-corrected chi connectivity index (χ3v) is 10.8. The number of amides is 1. The van der Waals surface area contributed by atoms with Gasteiger partial charge in [-0.1, -0.05) is 44.2 Å². The van der Waals surface area contributed by atoms with E-state index in [9.17, 15) is 43.5 Å². The van der Waals surface area contributed by atoms with E-state index in [1.54, 1.807) is 0 Å². The zero-order valence-electron chi connectivity index (χ0n) is 27.6. The first-order valence-electron chi connectivity index (χ1n) is 16.5. The standard InChI is InChI=1S/C33H45N3O13S/c1-18(2)15-36(50(44,45)21-10-8-20(9-11-21)34-30-28(40)26(38)27(39)29(49-30)31(41)42)16-24(37)23(14-19-6-4-3-5-7-19)35-33(43)48-25-17-47-32-22(25)12-13-46-32/h3-11,18,22-30,32,34,37-40H,12-17H2,1-2H3,(H,35,43)(H,41,42)/t22-,23-,24+,25-,26-,27+,28+,29-,30+,32+/m0/s1. The highest BCUT2D eigenvalue weighted by Gasteiger charge is 2.47. The lowest BCUT2D eigenvalue weighted by molar-refractivity contribution is -0.221. The maximum absolute atomic E-state index is 14.0. The number of alkyl carbamates (subject to hydrolysis) is 1. The average Bonchev–Trinajstić information content (AvgIpc) is 3.70. The smallest absolute Gasteiger partial charge is 0.407 e. The number of fused-ring (bicyclic) bond motifs is 1. The summed E-state index contributed by atoms with van der Waals surface area (Å²) in [6.45, 7) is 4.03. The van der Waals surface area contributed by atoms with Crippen LogP contribution in [0, 0.1) is 11.8 Å². The molecule has 10 atom stereocenters. The number of aliphatic carboxylic acids is 1. The molecule has 3 aliphatic rings. The first kappa shape index (κ1) is 37.9. The van der Waals surface area contributed by atoms with Crippen molar-refractivity contribution in [3.8, 4) is 0 Å². The molecule has 3 fully saturated rings. The Bertz CT molecular complexity index is 1550. The van der Waals surface area contributed by atoms with Gasteiger partial charge in [0.05, 0.1) is 36.2 Å². The minimum atomic E-state index is -4.21. The fourth-order valence-corrected chi connectivity index (χ4v) is 7.90. The van der Waals surface area contributed by atoms with Crippen molar-refractivity contribution in [2.24, 2.45) is 11.8 Å². The van der Waals surface area contributed by atoms with E-state index in [2.05, 4.69) is 10.6 Å². The second-order valence-corrected chi connectivity index (χ2v) is 15.1. The normalized spacial score (nSPS) is 29.4. The summed E-state index contributed by atoms with van der Waals surface area (Å²) >= 11 is 0. The van der Waals surface area contributed by atoms with Crippen LogP contribution in [0.2, 0.25) is 0 Å². The number of nitrogens with zero attached hydrogens (tertiary/aromatic N) is 1. The van der Waals surface area contributed by atoms with Crippen molar-refractivity contribution in [3.05, 3.63) is 60.2 Å². The number of sulfonamides is 1. The zero-order chi connectivity index (χ0) is 36.2. The first-order valence-corrected chi connectivity index (χ1v) is 17.9. The molecule has 0 aromatic heterocycles. The second kappa shape index (κ2) is 16.3. The lowest BCUT2D eigenvalue weighted by Gasteiger charge is -2.39. The summed E-state index contributed by atoms with van der Waals surface area (Å²) in [7, 11) is -4.21. The number of ether oxygens (including phenoxy) is 4. The number of aliphatic hydroxyl groups is 4. The number of benzene rings is 2. The van der Waals surface area contributed by atoms with Crippen molar-refractivity contribution in [2.75, 3.05) is 31.6 Å². The highest BCUT2D eigenvalue weighted by molar-refractivity contribution is 7.89. The molecule has 1 amide bonds. The number of nitrogens with one attached hydrogen (secondary N) is 2. The Morgan fingerprint density at radius 1 is 0.980 bits per heavy atom. The van der Waals surface area contributed by atoms with Gasteiger partial charge in [0, 0.05) is 18.8 Å². The van der Waals surface area contributed by atoms with Gasteiger partial charge in [-0.25, -0.2) is 18.0 Å². The van der Waals surface area contributed by atoms with Crippen LogP contribution in [0.4, 0.5) is 10.5 Å². The Morgan fingerprint density at radius 2 is 1.68 bits per heavy atom. The number of hydrogen-bond acceptors (Lipinski definition) is 13. The predicted octanol–water partition coefficient (Wildman–Crippen LogP) is 0.0972. The number of aliphatic hydroxyl groups excluding tert-OH is 4. The summed E-state index contributed by atoms with van der Waals surface area (Å²) in [5, 5.41) is 56.7. The van der Waals surface area contributed by atoms with Crippen LogP contribution in [-0.2, 0) is 40.2 Å². The molecule has 50 heavy (non-hydrogen) atoms. The molecule has 0 spiro atoms. The lowest BCUT2D eigenvalue weighted by Crippen LogP contribution is -2.61. The summed E-state index contributed by atoms with van der Waals surface area (Å²) in [4.78, 5) is 24.4. The third-order valence-electron chi connectivity index (χ3n) is 8.93. The number of carbonyl (C=O) groups is 2. The molecule has 276 valence electrons. The number of carbonyl (C=O) groups excluding carboxylic acids is 1. The SMILES string of the molecule is CC(C)CN(C[C@@H](O)[C@H](Cc1ccccc1)NC(=O)O[C@H]1CO[C@H]2OCC[C@H]21)S(=O)(=O)c1ccc(N[C@@H]2O[C@H](C(=O)O)[C@H](O)[C@H](O)[C@H]2O)cc1. The molecule has 16 nitrogen and oxygen atoms in total. The fourth-order valence-electron chi connectivity index (χ4n) is 6.27. The fraction of sp³-hybridized carbons (Fsp3) is 0.576. The van der Waals surface area contributed by atoms with Crippen LogP contribution in [0.5, 0.6) is 0 Å². The van der Waals surface area contributed by atoms with Gasteiger partial charge in [0.2, 0.25) is 10.0 Å². The van der Waals surface area contributed by atoms with E-state index in [0.29, 0.717) is 13.0 Å². The van der Waals surface area contributed by atoms with E-state index in [0.717, 1.165) is 9.87 Å². The van der Waals surface area contributed by atoms with Crippen molar-refractivity contribution in [2.45, 2.75) is 86.8 Å². The number of anilines is 1. The van der Waals surface area contributed by atoms with Crippen molar-refractivity contribution < 1.29 is 62.5 Å². The van der Waals surface area contributed by atoms with Crippen LogP contribution in [0.15, 0.2) is 59.5 Å². The quantitative estimate of drug-likeness (QED) is 0.137. The Hall–Kier alpha value is -3.39. The predicted molar refractivity (Wildman–Crippen MR) is 175 cm³/mol. The number of hydrogen-bond donors (Lipinski definition) is 7. The van der Waals surface area contributed by atoms with E-state index in [1.165, 1.54) is 24.3 Å². The van der Waals surface area contributed by atoms with Gasteiger partial charge in [-0.3, -0.25) is 0 Å². The van der Waals surface area contributed by atoms with E-state index >= 15 is 0 Å². The van der Waals surface area contributed by atoms with Crippen LogP contribution in [0.25, 0.3) is 0 Å². The molecule has 0 saturated carbocycles. The molecule has 3 saturated heterocycles.